The number of ether oxygens (including phenoxy) is 1. The second-order valence-electron chi connectivity index (χ2n) is 2.42. The number of para-hydroxylation sites is 1. The molecular formula is C8H8F3NOSn. The predicted octanol–water partition coefficient (Wildman–Crippen LogP) is 1.05. The maximum atomic E-state index is 11.9. The van der Waals surface area contributed by atoms with Crippen LogP contribution in [0.2, 0.25) is 0 Å². The molecule has 76 valence electrons. The van der Waals surface area contributed by atoms with Gasteiger partial charge in [-0.2, -0.15) is 0 Å². The van der Waals surface area contributed by atoms with Crippen LogP contribution in [0.15, 0.2) is 24.3 Å². The summed E-state index contributed by atoms with van der Waals surface area (Å²) in [5.74, 6) is -0.0825. The molecule has 1 N–H and O–H groups in total. The van der Waals surface area contributed by atoms with Gasteiger partial charge in [0.2, 0.25) is 0 Å². The van der Waals surface area contributed by atoms with Gasteiger partial charge in [0.1, 0.15) is 0 Å². The molecule has 0 atom stereocenters. The number of hydrogen-bond acceptors (Lipinski definition) is 2. The van der Waals surface area contributed by atoms with Crippen molar-refractivity contribution in [2.24, 2.45) is 0 Å². The normalized spacial score (nSPS) is 11.4. The van der Waals surface area contributed by atoms with E-state index in [2.05, 4.69) is 8.28 Å². The molecular weight excluding hydrogens is 302 g/mol. The third kappa shape index (κ3) is 3.75. The van der Waals surface area contributed by atoms with Crippen LogP contribution in [0.1, 0.15) is 0 Å². The van der Waals surface area contributed by atoms with Crippen LogP contribution in [0.25, 0.3) is 0 Å². The predicted molar refractivity (Wildman–Crippen MR) is 47.6 cm³/mol. The number of rotatable bonds is 3. The standard InChI is InChI=1S/C7H4F3O.CH4N.Sn/c8-7(9,10)11-6-4-2-1-3-5-6;1-2;/h1-4H;2H,1H3;/q;-1;+1. The Morgan fingerprint density at radius 1 is 1.29 bits per heavy atom. The van der Waals surface area contributed by atoms with Gasteiger partial charge in [0.15, 0.2) is 0 Å². The summed E-state index contributed by atoms with van der Waals surface area (Å²) in [4.78, 5) is 0. The molecule has 0 amide bonds. The van der Waals surface area contributed by atoms with E-state index in [1.807, 2.05) is 0 Å². The third-order valence-corrected chi connectivity index (χ3v) is 4.03. The van der Waals surface area contributed by atoms with Gasteiger partial charge in [-0.3, -0.25) is 0 Å². The van der Waals surface area contributed by atoms with Crippen molar-refractivity contribution in [1.82, 2.24) is 3.54 Å². The van der Waals surface area contributed by atoms with Crippen LogP contribution < -0.4 is 11.9 Å². The quantitative estimate of drug-likeness (QED) is 0.843. The minimum absolute atomic E-state index is 0.0825. The van der Waals surface area contributed by atoms with Crippen molar-refractivity contribution < 1.29 is 17.9 Å². The van der Waals surface area contributed by atoms with E-state index in [1.165, 1.54) is 12.1 Å². The average molecular weight is 310 g/mol. The third-order valence-electron chi connectivity index (χ3n) is 1.37. The molecule has 1 aromatic carbocycles. The number of nitrogens with one attached hydrogen (secondary N) is 1. The van der Waals surface area contributed by atoms with Gasteiger partial charge in [0, 0.05) is 0 Å². The zero-order chi connectivity index (χ0) is 10.6. The van der Waals surface area contributed by atoms with E-state index in [1.54, 1.807) is 19.2 Å². The van der Waals surface area contributed by atoms with Crippen LogP contribution in [-0.4, -0.2) is 34.8 Å². The summed E-state index contributed by atoms with van der Waals surface area (Å²) in [6.07, 6.45) is -4.61. The number of halogens is 3. The SMILES string of the molecule is C[NH][Sn][c]1ccccc1OC(F)(F)F. The Kier molecular flexibility index (Phi) is 4.06. The number of hydrogen-bond donors (Lipinski definition) is 1. The van der Waals surface area contributed by atoms with Gasteiger partial charge in [-0.15, -0.1) is 0 Å². The van der Waals surface area contributed by atoms with Gasteiger partial charge in [0.05, 0.1) is 0 Å². The van der Waals surface area contributed by atoms with Gasteiger partial charge < -0.3 is 0 Å². The molecule has 0 saturated heterocycles. The van der Waals surface area contributed by atoms with E-state index in [9.17, 15) is 13.2 Å². The molecule has 0 heterocycles. The fourth-order valence-corrected chi connectivity index (χ4v) is 2.93. The van der Waals surface area contributed by atoms with Gasteiger partial charge in [-0.25, -0.2) is 0 Å². The van der Waals surface area contributed by atoms with E-state index >= 15 is 0 Å². The van der Waals surface area contributed by atoms with Crippen LogP contribution >= 0.6 is 0 Å². The van der Waals surface area contributed by atoms with Crippen molar-refractivity contribution >= 4 is 25.0 Å². The molecule has 0 aliphatic heterocycles. The molecule has 14 heavy (non-hydrogen) atoms. The first-order valence-corrected chi connectivity index (χ1v) is 6.66. The van der Waals surface area contributed by atoms with Gasteiger partial charge in [-0.1, -0.05) is 0 Å². The van der Waals surface area contributed by atoms with E-state index in [0.717, 1.165) is 0 Å². The van der Waals surface area contributed by atoms with E-state index < -0.39 is 27.8 Å². The van der Waals surface area contributed by atoms with Crippen LogP contribution in [0, 0.1) is 0 Å². The molecule has 2 radical (unpaired) electrons. The molecule has 2 nitrogen and oxygen atoms in total. The summed E-state index contributed by atoms with van der Waals surface area (Å²) in [6.45, 7) is 0. The van der Waals surface area contributed by atoms with Crippen molar-refractivity contribution in [3.8, 4) is 5.75 Å². The maximum absolute atomic E-state index is 11.9. The summed E-state index contributed by atoms with van der Waals surface area (Å²) in [7, 11) is 1.73. The second-order valence-corrected chi connectivity index (χ2v) is 6.10. The van der Waals surface area contributed by atoms with Crippen LogP contribution in [0.4, 0.5) is 13.2 Å². The molecule has 0 aliphatic carbocycles. The molecule has 1 aromatic rings. The summed E-state index contributed by atoms with van der Waals surface area (Å²) < 4.78 is 43.3. The Balaban J connectivity index is 2.84. The number of alkyl halides is 3. The van der Waals surface area contributed by atoms with E-state index in [-0.39, 0.29) is 5.75 Å². The van der Waals surface area contributed by atoms with Crippen LogP contribution in [0.5, 0.6) is 5.75 Å². The summed E-state index contributed by atoms with van der Waals surface area (Å²) in [6, 6.07) is 6.22. The Hall–Kier alpha value is -0.431. The average Bonchev–Trinajstić information content (AvgIpc) is 2.06. The Labute approximate surface area is 90.0 Å². The molecule has 0 bridgehead atoms. The van der Waals surface area contributed by atoms with Crippen molar-refractivity contribution in [3.63, 3.8) is 0 Å². The molecule has 0 saturated carbocycles. The first kappa shape index (κ1) is 11.6. The monoisotopic (exact) mass is 311 g/mol. The molecule has 0 aromatic heterocycles. The number of benzene rings is 1. The fourth-order valence-electron chi connectivity index (χ4n) is 0.918. The summed E-state index contributed by atoms with van der Waals surface area (Å²) in [5.41, 5.74) is 0. The van der Waals surface area contributed by atoms with Crippen molar-refractivity contribution in [2.75, 3.05) is 7.05 Å². The fraction of sp³-hybridized carbons (Fsp3) is 0.250. The minimum atomic E-state index is -4.61. The van der Waals surface area contributed by atoms with Crippen molar-refractivity contribution in [1.29, 1.82) is 0 Å². The summed E-state index contributed by atoms with van der Waals surface area (Å²) >= 11 is -1.15. The van der Waals surface area contributed by atoms with Crippen molar-refractivity contribution in [2.45, 2.75) is 6.36 Å². The first-order chi connectivity index (χ1) is 6.53. The Morgan fingerprint density at radius 3 is 2.50 bits per heavy atom. The Morgan fingerprint density at radius 2 is 1.93 bits per heavy atom. The van der Waals surface area contributed by atoms with E-state index in [0.29, 0.717) is 3.58 Å². The molecule has 0 aliphatic rings. The Bertz CT molecular complexity index is 303. The molecule has 0 spiro atoms. The van der Waals surface area contributed by atoms with Crippen molar-refractivity contribution in [3.05, 3.63) is 24.3 Å². The van der Waals surface area contributed by atoms with E-state index in [4.69, 9.17) is 0 Å². The zero-order valence-corrected chi connectivity index (χ0v) is 10.2. The molecule has 0 unspecified atom stereocenters. The summed E-state index contributed by atoms with van der Waals surface area (Å²) in [5, 5.41) is 0. The van der Waals surface area contributed by atoms with Gasteiger partial charge in [0.25, 0.3) is 0 Å². The second kappa shape index (κ2) is 4.88. The van der Waals surface area contributed by atoms with Gasteiger partial charge in [-0.05, 0) is 0 Å². The molecule has 0 fully saturated rings. The molecule has 6 heteroatoms. The first-order valence-electron chi connectivity index (χ1n) is 3.80. The topological polar surface area (TPSA) is 21.3 Å². The molecule has 1 rings (SSSR count). The zero-order valence-electron chi connectivity index (χ0n) is 7.35. The van der Waals surface area contributed by atoms with Crippen LogP contribution in [-0.2, 0) is 0 Å². The van der Waals surface area contributed by atoms with Gasteiger partial charge >= 0.3 is 89.9 Å². The van der Waals surface area contributed by atoms with Crippen LogP contribution in [0.3, 0.4) is 0 Å².